The van der Waals surface area contributed by atoms with Crippen LogP contribution in [-0.2, 0) is 4.79 Å². The Morgan fingerprint density at radius 2 is 2.30 bits per heavy atom. The van der Waals surface area contributed by atoms with E-state index in [1.165, 1.54) is 6.07 Å². The van der Waals surface area contributed by atoms with E-state index in [4.69, 9.17) is 4.74 Å². The lowest BCUT2D eigenvalue weighted by Crippen LogP contribution is -2.47. The molecule has 1 amide bonds. The van der Waals surface area contributed by atoms with Gasteiger partial charge in [0.25, 0.3) is 0 Å². The number of likely N-dealkylation sites (tertiary alicyclic amines) is 1. The van der Waals surface area contributed by atoms with Crippen molar-refractivity contribution < 1.29 is 13.9 Å². The minimum absolute atomic E-state index is 0.0706. The van der Waals surface area contributed by atoms with Crippen molar-refractivity contribution in [2.75, 3.05) is 26.7 Å². The summed E-state index contributed by atoms with van der Waals surface area (Å²) in [5.41, 5.74) is 0. The van der Waals surface area contributed by atoms with Gasteiger partial charge in [0, 0.05) is 19.1 Å². The number of para-hydroxylation sites is 1. The molecule has 20 heavy (non-hydrogen) atoms. The average Bonchev–Trinajstić information content (AvgIpc) is 2.49. The Morgan fingerprint density at radius 1 is 1.50 bits per heavy atom. The third-order valence-electron chi connectivity index (χ3n) is 3.59. The Balaban J connectivity index is 1.76. The van der Waals surface area contributed by atoms with Crippen LogP contribution < -0.4 is 10.1 Å². The van der Waals surface area contributed by atoms with Crippen molar-refractivity contribution in [3.05, 3.63) is 30.1 Å². The minimum Gasteiger partial charge on any atom is -0.490 e. The van der Waals surface area contributed by atoms with E-state index in [9.17, 15) is 9.18 Å². The maximum atomic E-state index is 13.3. The number of carbonyl (C=O) groups excluding carboxylic acids is 1. The normalized spacial score (nSPS) is 18.9. The van der Waals surface area contributed by atoms with Crippen molar-refractivity contribution in [2.45, 2.75) is 25.3 Å². The predicted molar refractivity (Wildman–Crippen MR) is 75.2 cm³/mol. The molecule has 1 heterocycles. The highest BCUT2D eigenvalue weighted by molar-refractivity contribution is 5.76. The lowest BCUT2D eigenvalue weighted by Gasteiger charge is -2.32. The van der Waals surface area contributed by atoms with Crippen molar-refractivity contribution in [1.82, 2.24) is 10.2 Å². The molecule has 1 saturated heterocycles. The Labute approximate surface area is 118 Å². The molecule has 1 aliphatic rings. The second-order valence-electron chi connectivity index (χ2n) is 5.00. The number of likely N-dealkylation sites (N-methyl/N-ethyl adjacent to an activating group) is 1. The summed E-state index contributed by atoms with van der Waals surface area (Å²) in [6.45, 7) is 1.76. The molecule has 0 bridgehead atoms. The van der Waals surface area contributed by atoms with Gasteiger partial charge in [-0.2, -0.15) is 0 Å². The first-order valence-corrected chi connectivity index (χ1v) is 7.03. The number of amides is 1. The van der Waals surface area contributed by atoms with E-state index < -0.39 is 5.82 Å². The van der Waals surface area contributed by atoms with E-state index >= 15 is 0 Å². The first-order chi connectivity index (χ1) is 9.70. The van der Waals surface area contributed by atoms with Gasteiger partial charge in [-0.05, 0) is 32.0 Å². The summed E-state index contributed by atoms with van der Waals surface area (Å²) in [4.78, 5) is 13.9. The van der Waals surface area contributed by atoms with Gasteiger partial charge in [0.15, 0.2) is 11.6 Å². The lowest BCUT2D eigenvalue weighted by molar-refractivity contribution is -0.133. The van der Waals surface area contributed by atoms with Crippen molar-refractivity contribution in [1.29, 1.82) is 0 Å². The number of hydrogen-bond donors (Lipinski definition) is 1. The van der Waals surface area contributed by atoms with Crippen LogP contribution in [0.2, 0.25) is 0 Å². The van der Waals surface area contributed by atoms with Gasteiger partial charge in [0.2, 0.25) is 5.91 Å². The topological polar surface area (TPSA) is 41.6 Å². The van der Waals surface area contributed by atoms with E-state index in [1.807, 2.05) is 11.9 Å². The number of halogens is 1. The zero-order valence-electron chi connectivity index (χ0n) is 11.8. The van der Waals surface area contributed by atoms with Crippen molar-refractivity contribution in [2.24, 2.45) is 0 Å². The number of hydrogen-bond acceptors (Lipinski definition) is 3. The van der Waals surface area contributed by atoms with Crippen molar-refractivity contribution in [3.63, 3.8) is 0 Å². The van der Waals surface area contributed by atoms with Crippen LogP contribution in [0.15, 0.2) is 24.3 Å². The van der Waals surface area contributed by atoms with Gasteiger partial charge in [-0.15, -0.1) is 0 Å². The van der Waals surface area contributed by atoms with E-state index in [-0.39, 0.29) is 24.7 Å². The summed E-state index contributed by atoms with van der Waals surface area (Å²) in [6, 6.07) is 6.61. The Bertz CT molecular complexity index is 453. The molecule has 110 valence electrons. The highest BCUT2D eigenvalue weighted by Crippen LogP contribution is 2.16. The van der Waals surface area contributed by atoms with Crippen LogP contribution >= 0.6 is 0 Å². The van der Waals surface area contributed by atoms with E-state index in [1.54, 1.807) is 18.2 Å². The molecular weight excluding hydrogens is 259 g/mol. The molecule has 1 aromatic carbocycles. The standard InChI is InChI=1S/C15H21FN2O2/c1-17-12-5-4-9-18(11-12)15(19)8-10-20-14-7-3-2-6-13(14)16/h2-3,6-7,12,17H,4-5,8-11H2,1H3/t12-/m0/s1. The summed E-state index contributed by atoms with van der Waals surface area (Å²) in [7, 11) is 1.92. The number of ether oxygens (including phenoxy) is 1. The van der Waals surface area contributed by atoms with Gasteiger partial charge in [-0.25, -0.2) is 4.39 Å². The van der Waals surface area contributed by atoms with E-state index in [2.05, 4.69) is 5.32 Å². The molecule has 1 aliphatic heterocycles. The molecule has 2 rings (SSSR count). The molecule has 1 N–H and O–H groups in total. The lowest BCUT2D eigenvalue weighted by atomic mass is 10.1. The van der Waals surface area contributed by atoms with Gasteiger partial charge < -0.3 is 15.0 Å². The quantitative estimate of drug-likeness (QED) is 0.894. The number of nitrogens with one attached hydrogen (secondary N) is 1. The summed E-state index contributed by atoms with van der Waals surface area (Å²) < 4.78 is 18.7. The van der Waals surface area contributed by atoms with Crippen LogP contribution in [0.3, 0.4) is 0 Å². The second kappa shape index (κ2) is 7.24. The Morgan fingerprint density at radius 3 is 3.05 bits per heavy atom. The average molecular weight is 280 g/mol. The number of carbonyl (C=O) groups is 1. The fourth-order valence-electron chi connectivity index (χ4n) is 2.41. The summed E-state index contributed by atoms with van der Waals surface area (Å²) >= 11 is 0. The smallest absolute Gasteiger partial charge is 0.226 e. The molecular formula is C15H21FN2O2. The molecule has 0 spiro atoms. The largest absolute Gasteiger partial charge is 0.490 e. The molecule has 0 aliphatic carbocycles. The first-order valence-electron chi connectivity index (χ1n) is 7.03. The molecule has 1 fully saturated rings. The summed E-state index contributed by atoms with van der Waals surface area (Å²) in [6.07, 6.45) is 2.40. The molecule has 0 saturated carbocycles. The van der Waals surface area contributed by atoms with E-state index in [0.717, 1.165) is 25.9 Å². The van der Waals surface area contributed by atoms with Gasteiger partial charge in [-0.3, -0.25) is 4.79 Å². The van der Waals surface area contributed by atoms with Gasteiger partial charge in [0.1, 0.15) is 0 Å². The fraction of sp³-hybridized carbons (Fsp3) is 0.533. The van der Waals surface area contributed by atoms with Crippen LogP contribution in [-0.4, -0.2) is 43.6 Å². The van der Waals surface area contributed by atoms with Crippen LogP contribution in [0.1, 0.15) is 19.3 Å². The second-order valence-corrected chi connectivity index (χ2v) is 5.00. The van der Waals surface area contributed by atoms with Crippen LogP contribution in [0.25, 0.3) is 0 Å². The van der Waals surface area contributed by atoms with Crippen LogP contribution in [0.4, 0.5) is 4.39 Å². The van der Waals surface area contributed by atoms with Crippen LogP contribution in [0.5, 0.6) is 5.75 Å². The molecule has 1 aromatic rings. The zero-order valence-corrected chi connectivity index (χ0v) is 11.8. The van der Waals surface area contributed by atoms with E-state index in [0.29, 0.717) is 6.04 Å². The number of nitrogens with zero attached hydrogens (tertiary/aromatic N) is 1. The maximum absolute atomic E-state index is 13.3. The predicted octanol–water partition coefficient (Wildman–Crippen LogP) is 1.80. The third-order valence-corrected chi connectivity index (χ3v) is 3.59. The number of benzene rings is 1. The maximum Gasteiger partial charge on any atom is 0.226 e. The summed E-state index contributed by atoms with van der Waals surface area (Å²) in [5, 5.41) is 3.20. The van der Waals surface area contributed by atoms with Crippen molar-refractivity contribution >= 4 is 5.91 Å². The monoisotopic (exact) mass is 280 g/mol. The molecule has 5 heteroatoms. The zero-order chi connectivity index (χ0) is 14.4. The molecule has 4 nitrogen and oxygen atoms in total. The van der Waals surface area contributed by atoms with Crippen LogP contribution in [0, 0.1) is 5.82 Å². The molecule has 0 aromatic heterocycles. The van der Waals surface area contributed by atoms with Gasteiger partial charge in [-0.1, -0.05) is 12.1 Å². The highest BCUT2D eigenvalue weighted by Gasteiger charge is 2.22. The SMILES string of the molecule is CN[C@H]1CCCN(C(=O)CCOc2ccccc2F)C1. The minimum atomic E-state index is -0.395. The van der Waals surface area contributed by atoms with Gasteiger partial charge in [0.05, 0.1) is 13.0 Å². The summed E-state index contributed by atoms with van der Waals surface area (Å²) in [5.74, 6) is -0.124. The number of piperidine rings is 1. The molecule has 1 atom stereocenters. The fourth-order valence-corrected chi connectivity index (χ4v) is 2.41. The first kappa shape index (κ1) is 14.8. The Kier molecular flexibility index (Phi) is 5.35. The Hall–Kier alpha value is -1.62. The van der Waals surface area contributed by atoms with Crippen molar-refractivity contribution in [3.8, 4) is 5.75 Å². The van der Waals surface area contributed by atoms with Gasteiger partial charge >= 0.3 is 0 Å². The third kappa shape index (κ3) is 3.93. The molecule has 0 radical (unpaired) electrons. The number of rotatable bonds is 5. The molecule has 0 unspecified atom stereocenters. The highest BCUT2D eigenvalue weighted by atomic mass is 19.1.